The van der Waals surface area contributed by atoms with Crippen LogP contribution >= 0.6 is 11.6 Å². The highest BCUT2D eigenvalue weighted by molar-refractivity contribution is 6.31. The molecule has 0 aromatic heterocycles. The lowest BCUT2D eigenvalue weighted by Crippen LogP contribution is -2.37. The van der Waals surface area contributed by atoms with Crippen molar-refractivity contribution in [2.45, 2.75) is 32.2 Å². The first-order valence-electron chi connectivity index (χ1n) is 8.07. The summed E-state index contributed by atoms with van der Waals surface area (Å²) in [6, 6.07) is 15.6. The van der Waals surface area contributed by atoms with Gasteiger partial charge in [0.05, 0.1) is 0 Å². The molecule has 3 nitrogen and oxygen atoms in total. The van der Waals surface area contributed by atoms with E-state index in [2.05, 4.69) is 29.3 Å². The Morgan fingerprint density at radius 1 is 1.17 bits per heavy atom. The van der Waals surface area contributed by atoms with E-state index in [9.17, 15) is 4.79 Å². The summed E-state index contributed by atoms with van der Waals surface area (Å²) in [5.74, 6) is -0.147. The first-order valence-corrected chi connectivity index (χ1v) is 8.45. The number of amides is 1. The maximum absolute atomic E-state index is 12.2. The summed E-state index contributed by atoms with van der Waals surface area (Å²) in [5.41, 5.74) is 2.58. The second-order valence-electron chi connectivity index (χ2n) is 6.05. The number of benzene rings is 2. The van der Waals surface area contributed by atoms with E-state index in [4.69, 9.17) is 11.6 Å². The van der Waals surface area contributed by atoms with Crippen LogP contribution in [0.4, 0.5) is 11.4 Å². The summed E-state index contributed by atoms with van der Waals surface area (Å²) in [4.78, 5) is 14.7. The van der Waals surface area contributed by atoms with Crippen molar-refractivity contribution in [3.63, 3.8) is 0 Å². The highest BCUT2D eigenvalue weighted by atomic mass is 35.5. The number of piperidine rings is 1. The van der Waals surface area contributed by atoms with Gasteiger partial charge in [0.25, 0.3) is 5.91 Å². The third-order valence-electron chi connectivity index (χ3n) is 4.35. The van der Waals surface area contributed by atoms with Gasteiger partial charge in [-0.05, 0) is 68.7 Å². The second-order valence-corrected chi connectivity index (χ2v) is 6.49. The monoisotopic (exact) mass is 328 g/mol. The number of nitrogens with one attached hydrogen (secondary N) is 1. The topological polar surface area (TPSA) is 32.3 Å². The zero-order valence-electron chi connectivity index (χ0n) is 13.3. The standard InChI is InChI=1S/C19H21ClN2O/c1-14-5-2-3-12-22(14)18-10-8-17(9-11-18)21-19(23)15-6-4-7-16(20)13-15/h4,6-11,13-14H,2-3,5,12H2,1H3,(H,21,23). The minimum Gasteiger partial charge on any atom is -0.369 e. The van der Waals surface area contributed by atoms with Crippen molar-refractivity contribution >= 4 is 28.9 Å². The van der Waals surface area contributed by atoms with E-state index in [0.717, 1.165) is 12.2 Å². The molecule has 0 aliphatic carbocycles. The molecule has 2 aromatic carbocycles. The number of carbonyl (C=O) groups excluding carboxylic acids is 1. The average molecular weight is 329 g/mol. The van der Waals surface area contributed by atoms with Crippen molar-refractivity contribution in [2.75, 3.05) is 16.8 Å². The zero-order valence-corrected chi connectivity index (χ0v) is 14.0. The fourth-order valence-electron chi connectivity index (χ4n) is 3.05. The second kappa shape index (κ2) is 7.05. The smallest absolute Gasteiger partial charge is 0.255 e. The van der Waals surface area contributed by atoms with E-state index < -0.39 is 0 Å². The summed E-state index contributed by atoms with van der Waals surface area (Å²) in [6.45, 7) is 3.38. The normalized spacial score (nSPS) is 17.8. The van der Waals surface area contributed by atoms with Crippen molar-refractivity contribution in [3.8, 4) is 0 Å². The Hall–Kier alpha value is -2.00. The van der Waals surface area contributed by atoms with Crippen LogP contribution in [0.15, 0.2) is 48.5 Å². The van der Waals surface area contributed by atoms with Crippen LogP contribution in [0.25, 0.3) is 0 Å². The molecule has 1 saturated heterocycles. The van der Waals surface area contributed by atoms with E-state index in [-0.39, 0.29) is 5.91 Å². The van der Waals surface area contributed by atoms with E-state index in [0.29, 0.717) is 16.6 Å². The van der Waals surface area contributed by atoms with Crippen LogP contribution in [-0.2, 0) is 0 Å². The summed E-state index contributed by atoms with van der Waals surface area (Å²) in [6.07, 6.45) is 3.80. The molecule has 2 aromatic rings. The Balaban J connectivity index is 1.69. The molecule has 0 bridgehead atoms. The summed E-state index contributed by atoms with van der Waals surface area (Å²) >= 11 is 5.93. The lowest BCUT2D eigenvalue weighted by Gasteiger charge is -2.35. The molecule has 1 atom stereocenters. The van der Waals surface area contributed by atoms with Crippen LogP contribution in [0.1, 0.15) is 36.5 Å². The molecule has 1 N–H and O–H groups in total. The van der Waals surface area contributed by atoms with Gasteiger partial charge < -0.3 is 10.2 Å². The number of hydrogen-bond acceptors (Lipinski definition) is 2. The van der Waals surface area contributed by atoms with Gasteiger partial charge in [-0.1, -0.05) is 17.7 Å². The molecule has 1 fully saturated rings. The number of nitrogens with zero attached hydrogens (tertiary/aromatic N) is 1. The van der Waals surface area contributed by atoms with Gasteiger partial charge in [-0.3, -0.25) is 4.79 Å². The molecule has 1 unspecified atom stereocenters. The third-order valence-corrected chi connectivity index (χ3v) is 4.58. The molecule has 4 heteroatoms. The third kappa shape index (κ3) is 3.85. The highest BCUT2D eigenvalue weighted by Crippen LogP contribution is 2.26. The van der Waals surface area contributed by atoms with Gasteiger partial charge in [0.2, 0.25) is 0 Å². The van der Waals surface area contributed by atoms with Crippen molar-refractivity contribution < 1.29 is 4.79 Å². The molecule has 0 saturated carbocycles. The van der Waals surface area contributed by atoms with Crippen LogP contribution in [0.3, 0.4) is 0 Å². The van der Waals surface area contributed by atoms with Crippen LogP contribution in [0.2, 0.25) is 5.02 Å². The molecule has 120 valence electrons. The Bertz CT molecular complexity index is 684. The molecule has 1 aliphatic rings. The van der Waals surface area contributed by atoms with E-state index in [1.165, 1.54) is 24.9 Å². The molecule has 23 heavy (non-hydrogen) atoms. The first kappa shape index (κ1) is 15.9. The highest BCUT2D eigenvalue weighted by Gasteiger charge is 2.18. The van der Waals surface area contributed by atoms with Crippen molar-refractivity contribution in [1.82, 2.24) is 0 Å². The number of carbonyl (C=O) groups is 1. The number of rotatable bonds is 3. The Kier molecular flexibility index (Phi) is 4.87. The van der Waals surface area contributed by atoms with Gasteiger partial charge in [-0.2, -0.15) is 0 Å². The minimum atomic E-state index is -0.147. The zero-order chi connectivity index (χ0) is 16.2. The average Bonchev–Trinajstić information content (AvgIpc) is 2.56. The predicted molar refractivity (Wildman–Crippen MR) is 96.5 cm³/mol. The minimum absolute atomic E-state index is 0.147. The molecule has 0 radical (unpaired) electrons. The largest absolute Gasteiger partial charge is 0.369 e. The maximum Gasteiger partial charge on any atom is 0.255 e. The van der Waals surface area contributed by atoms with Gasteiger partial charge in [0.1, 0.15) is 0 Å². The van der Waals surface area contributed by atoms with Gasteiger partial charge >= 0.3 is 0 Å². The van der Waals surface area contributed by atoms with Crippen LogP contribution in [0.5, 0.6) is 0 Å². The fraction of sp³-hybridized carbons (Fsp3) is 0.316. The van der Waals surface area contributed by atoms with Gasteiger partial charge in [0, 0.05) is 34.5 Å². The molecular formula is C19H21ClN2O. The quantitative estimate of drug-likeness (QED) is 0.862. The molecule has 0 spiro atoms. The van der Waals surface area contributed by atoms with Crippen molar-refractivity contribution in [3.05, 3.63) is 59.1 Å². The van der Waals surface area contributed by atoms with E-state index >= 15 is 0 Å². The van der Waals surface area contributed by atoms with Crippen LogP contribution in [0, 0.1) is 0 Å². The number of halogens is 1. The Morgan fingerprint density at radius 2 is 1.96 bits per heavy atom. The predicted octanol–water partition coefficient (Wildman–Crippen LogP) is 4.97. The molecule has 1 aliphatic heterocycles. The van der Waals surface area contributed by atoms with Gasteiger partial charge in [0.15, 0.2) is 0 Å². The SMILES string of the molecule is CC1CCCCN1c1ccc(NC(=O)c2cccc(Cl)c2)cc1. The summed E-state index contributed by atoms with van der Waals surface area (Å²) in [5, 5.41) is 3.47. The maximum atomic E-state index is 12.2. The molecular weight excluding hydrogens is 308 g/mol. The van der Waals surface area contributed by atoms with Gasteiger partial charge in [-0.25, -0.2) is 0 Å². The number of hydrogen-bond donors (Lipinski definition) is 1. The summed E-state index contributed by atoms with van der Waals surface area (Å²) < 4.78 is 0. The molecule has 1 amide bonds. The van der Waals surface area contributed by atoms with Gasteiger partial charge in [-0.15, -0.1) is 0 Å². The fourth-order valence-corrected chi connectivity index (χ4v) is 3.24. The van der Waals surface area contributed by atoms with Crippen LogP contribution < -0.4 is 10.2 Å². The van der Waals surface area contributed by atoms with E-state index in [1.807, 2.05) is 12.1 Å². The lowest BCUT2D eigenvalue weighted by atomic mass is 10.0. The summed E-state index contributed by atoms with van der Waals surface area (Å²) in [7, 11) is 0. The van der Waals surface area contributed by atoms with E-state index in [1.54, 1.807) is 24.3 Å². The first-order chi connectivity index (χ1) is 11.1. The van der Waals surface area contributed by atoms with Crippen LogP contribution in [-0.4, -0.2) is 18.5 Å². The lowest BCUT2D eigenvalue weighted by molar-refractivity contribution is 0.102. The Labute approximate surface area is 142 Å². The van der Waals surface area contributed by atoms with Crippen molar-refractivity contribution in [2.24, 2.45) is 0 Å². The molecule has 1 heterocycles. The number of anilines is 2. The molecule has 3 rings (SSSR count). The van der Waals surface area contributed by atoms with Crippen molar-refractivity contribution in [1.29, 1.82) is 0 Å². The Morgan fingerprint density at radius 3 is 2.65 bits per heavy atom.